The molecule has 0 bridgehead atoms. The van der Waals surface area contributed by atoms with E-state index in [9.17, 15) is 10.1 Å². The summed E-state index contributed by atoms with van der Waals surface area (Å²) in [7, 11) is 0. The van der Waals surface area contributed by atoms with Crippen LogP contribution in [0.5, 0.6) is 0 Å². The molecule has 2 heterocycles. The first-order chi connectivity index (χ1) is 6.20. The van der Waals surface area contributed by atoms with Crippen LogP contribution in [0.25, 0.3) is 5.70 Å². The minimum Gasteiger partial charge on any atom is -0.258 e. The molecule has 1 radical (unpaired) electrons. The Balaban J connectivity index is 2.60. The summed E-state index contributed by atoms with van der Waals surface area (Å²) in [4.78, 5) is 14.0. The number of nitro groups is 1. The molecular formula is C7H3BrN3O2. The summed E-state index contributed by atoms with van der Waals surface area (Å²) < 4.78 is 0.640. The van der Waals surface area contributed by atoms with Crippen LogP contribution in [-0.2, 0) is 0 Å². The second-order valence-corrected chi connectivity index (χ2v) is 3.25. The zero-order valence-electron chi connectivity index (χ0n) is 6.27. The molecule has 0 amide bonds. The standard InChI is InChI=1S/C7H3BrN3O2/c8-4-1-2-9-7-6(4)5(3-10-7)11(12)13/h1-3H. The summed E-state index contributed by atoms with van der Waals surface area (Å²) in [5, 5.41) is 14.4. The van der Waals surface area contributed by atoms with Gasteiger partial charge in [0.1, 0.15) is 11.8 Å². The van der Waals surface area contributed by atoms with Crippen molar-refractivity contribution >= 4 is 27.4 Å². The van der Waals surface area contributed by atoms with Crippen LogP contribution >= 0.6 is 15.9 Å². The van der Waals surface area contributed by atoms with Crippen molar-refractivity contribution in [2.45, 2.75) is 0 Å². The molecule has 5 nitrogen and oxygen atoms in total. The molecule has 0 aliphatic carbocycles. The summed E-state index contributed by atoms with van der Waals surface area (Å²) >= 11 is 3.21. The number of fused-ring (bicyclic) bond motifs is 1. The maximum Gasteiger partial charge on any atom is 0.299 e. The average Bonchev–Trinajstić information content (AvgIpc) is 2.49. The molecule has 13 heavy (non-hydrogen) atoms. The predicted octanol–water partition coefficient (Wildman–Crippen LogP) is 1.67. The molecule has 0 aromatic carbocycles. The number of hydrogen-bond acceptors (Lipinski definition) is 3. The van der Waals surface area contributed by atoms with Crippen molar-refractivity contribution in [3.63, 3.8) is 0 Å². The molecule has 0 saturated carbocycles. The quantitative estimate of drug-likeness (QED) is 0.554. The normalized spacial score (nSPS) is 13.2. The van der Waals surface area contributed by atoms with E-state index in [1.807, 2.05) is 0 Å². The highest BCUT2D eigenvalue weighted by Crippen LogP contribution is 2.34. The van der Waals surface area contributed by atoms with E-state index in [1.165, 1.54) is 6.20 Å². The van der Waals surface area contributed by atoms with Gasteiger partial charge in [-0.25, -0.2) is 10.3 Å². The zero-order chi connectivity index (χ0) is 9.42. The van der Waals surface area contributed by atoms with Gasteiger partial charge in [0, 0.05) is 10.7 Å². The fourth-order valence-corrected chi connectivity index (χ4v) is 1.59. The number of nitrogens with zero attached hydrogens (tertiary/aromatic N) is 3. The van der Waals surface area contributed by atoms with Crippen LogP contribution < -0.4 is 5.32 Å². The second kappa shape index (κ2) is 2.81. The van der Waals surface area contributed by atoms with Crippen molar-refractivity contribution in [3.05, 3.63) is 38.6 Å². The van der Waals surface area contributed by atoms with Gasteiger partial charge in [-0.05, 0) is 22.0 Å². The molecule has 0 unspecified atom stereocenters. The number of halogens is 1. The van der Waals surface area contributed by atoms with Crippen molar-refractivity contribution in [1.29, 1.82) is 0 Å². The fraction of sp³-hybridized carbons (Fsp3) is 0. The van der Waals surface area contributed by atoms with Gasteiger partial charge in [0.25, 0.3) is 5.70 Å². The first-order valence-electron chi connectivity index (χ1n) is 3.40. The zero-order valence-corrected chi connectivity index (χ0v) is 7.85. The van der Waals surface area contributed by atoms with Crippen molar-refractivity contribution in [2.75, 3.05) is 0 Å². The van der Waals surface area contributed by atoms with Crippen molar-refractivity contribution in [2.24, 2.45) is 0 Å². The van der Waals surface area contributed by atoms with Crippen LogP contribution in [-0.4, -0.2) is 9.91 Å². The van der Waals surface area contributed by atoms with E-state index in [1.54, 1.807) is 12.3 Å². The minimum absolute atomic E-state index is 0.0185. The highest BCUT2D eigenvalue weighted by atomic mass is 79.9. The fourth-order valence-electron chi connectivity index (χ4n) is 1.09. The number of aromatic nitrogens is 1. The van der Waals surface area contributed by atoms with Gasteiger partial charge in [-0.15, -0.1) is 0 Å². The SMILES string of the molecule is O=[N+]([O-])C1=C[N]c2nccc(Br)c21. The van der Waals surface area contributed by atoms with Gasteiger partial charge in [0.2, 0.25) is 0 Å². The number of hydrogen-bond donors (Lipinski definition) is 0. The maximum absolute atomic E-state index is 10.5. The summed E-state index contributed by atoms with van der Waals surface area (Å²) in [5.41, 5.74) is 0.433. The number of pyridine rings is 1. The molecule has 65 valence electrons. The first-order valence-corrected chi connectivity index (χ1v) is 4.20. The molecular weight excluding hydrogens is 238 g/mol. The Morgan fingerprint density at radius 1 is 1.54 bits per heavy atom. The molecule has 1 aromatic rings. The van der Waals surface area contributed by atoms with Gasteiger partial charge in [-0.3, -0.25) is 10.1 Å². The van der Waals surface area contributed by atoms with Crippen LogP contribution in [0.4, 0.5) is 5.82 Å². The van der Waals surface area contributed by atoms with E-state index in [0.29, 0.717) is 15.9 Å². The van der Waals surface area contributed by atoms with Gasteiger partial charge in [-0.2, -0.15) is 0 Å². The largest absolute Gasteiger partial charge is 0.299 e. The molecule has 0 atom stereocenters. The Morgan fingerprint density at radius 2 is 2.31 bits per heavy atom. The molecule has 6 heteroatoms. The lowest BCUT2D eigenvalue weighted by Crippen LogP contribution is -1.96. The summed E-state index contributed by atoms with van der Waals surface area (Å²) in [5.74, 6) is 0.390. The lowest BCUT2D eigenvalue weighted by atomic mass is 10.2. The third-order valence-electron chi connectivity index (χ3n) is 1.64. The lowest BCUT2D eigenvalue weighted by molar-refractivity contribution is -0.375. The second-order valence-electron chi connectivity index (χ2n) is 2.39. The number of rotatable bonds is 1. The third kappa shape index (κ3) is 1.19. The van der Waals surface area contributed by atoms with Gasteiger partial charge < -0.3 is 0 Å². The monoisotopic (exact) mass is 240 g/mol. The van der Waals surface area contributed by atoms with E-state index < -0.39 is 4.92 Å². The topological polar surface area (TPSA) is 70.1 Å². The van der Waals surface area contributed by atoms with Crippen LogP contribution in [0, 0.1) is 10.1 Å². The van der Waals surface area contributed by atoms with Crippen molar-refractivity contribution in [3.8, 4) is 0 Å². The summed E-state index contributed by atoms with van der Waals surface area (Å²) in [6.07, 6.45) is 2.76. The van der Waals surface area contributed by atoms with Gasteiger partial charge >= 0.3 is 0 Å². The lowest BCUT2D eigenvalue weighted by Gasteiger charge is -1.97. The molecule has 1 aliphatic heterocycles. The first kappa shape index (κ1) is 8.18. The smallest absolute Gasteiger partial charge is 0.258 e. The van der Waals surface area contributed by atoms with Crippen molar-refractivity contribution in [1.82, 2.24) is 10.3 Å². The highest BCUT2D eigenvalue weighted by molar-refractivity contribution is 9.10. The van der Waals surface area contributed by atoms with Crippen LogP contribution in [0.1, 0.15) is 5.56 Å². The van der Waals surface area contributed by atoms with Gasteiger partial charge in [0.15, 0.2) is 5.82 Å². The van der Waals surface area contributed by atoms with E-state index >= 15 is 0 Å². The van der Waals surface area contributed by atoms with Crippen LogP contribution in [0.3, 0.4) is 0 Å². The van der Waals surface area contributed by atoms with E-state index in [2.05, 4.69) is 26.2 Å². The van der Waals surface area contributed by atoms with Crippen molar-refractivity contribution < 1.29 is 4.92 Å². The van der Waals surface area contributed by atoms with E-state index in [4.69, 9.17) is 0 Å². The molecule has 1 aliphatic rings. The molecule has 0 fully saturated rings. The van der Waals surface area contributed by atoms with Crippen LogP contribution in [0.15, 0.2) is 22.9 Å². The molecule has 0 N–H and O–H groups in total. The van der Waals surface area contributed by atoms with Gasteiger partial charge in [0.05, 0.1) is 4.92 Å². The molecule has 1 aromatic heterocycles. The molecule has 0 saturated heterocycles. The Hall–Kier alpha value is -1.43. The predicted molar refractivity (Wildman–Crippen MR) is 48.7 cm³/mol. The molecule has 0 spiro atoms. The summed E-state index contributed by atoms with van der Waals surface area (Å²) in [6, 6.07) is 1.65. The van der Waals surface area contributed by atoms with Gasteiger partial charge in [-0.1, -0.05) is 0 Å². The summed E-state index contributed by atoms with van der Waals surface area (Å²) in [6.45, 7) is 0. The Kier molecular flexibility index (Phi) is 1.77. The Morgan fingerprint density at radius 3 is 3.00 bits per heavy atom. The van der Waals surface area contributed by atoms with Crippen LogP contribution in [0.2, 0.25) is 0 Å². The molecule has 2 rings (SSSR count). The van der Waals surface area contributed by atoms with E-state index in [0.717, 1.165) is 0 Å². The highest BCUT2D eigenvalue weighted by Gasteiger charge is 2.28. The maximum atomic E-state index is 10.5. The minimum atomic E-state index is -0.470. The third-order valence-corrected chi connectivity index (χ3v) is 2.30. The Labute approximate surface area is 81.8 Å². The Bertz CT molecular complexity index is 416. The average molecular weight is 241 g/mol. The van der Waals surface area contributed by atoms with E-state index in [-0.39, 0.29) is 5.70 Å².